The third-order valence-electron chi connectivity index (χ3n) is 4.89. The molecule has 1 aliphatic rings. The molecule has 4 rings (SSSR count). The number of nitrogen functional groups attached to an aromatic ring is 2. The van der Waals surface area contributed by atoms with Gasteiger partial charge in [0.1, 0.15) is 17.5 Å². The number of aromatic nitrogens is 4. The molecule has 150 valence electrons. The van der Waals surface area contributed by atoms with E-state index in [4.69, 9.17) is 11.5 Å². The number of aryl methyl sites for hydroxylation is 1. The van der Waals surface area contributed by atoms with Crippen LogP contribution in [-0.2, 0) is 7.05 Å². The molecule has 3 aromatic heterocycles. The van der Waals surface area contributed by atoms with Gasteiger partial charge < -0.3 is 26.3 Å². The van der Waals surface area contributed by atoms with E-state index in [-0.39, 0.29) is 36.2 Å². The van der Waals surface area contributed by atoms with Gasteiger partial charge in [0.25, 0.3) is 5.92 Å². The van der Waals surface area contributed by atoms with E-state index in [9.17, 15) is 14.0 Å². The molecular weight excluding hydrogens is 380 g/mol. The predicted molar refractivity (Wildman–Crippen MR) is 105 cm³/mol. The van der Waals surface area contributed by atoms with Gasteiger partial charge in [-0.05, 0) is 19.1 Å². The van der Waals surface area contributed by atoms with Gasteiger partial charge in [-0.1, -0.05) is 0 Å². The molecule has 0 aromatic carbocycles. The van der Waals surface area contributed by atoms with Gasteiger partial charge in [-0.2, -0.15) is 15.2 Å². The van der Waals surface area contributed by atoms with Crippen molar-refractivity contribution in [3.05, 3.63) is 29.6 Å². The Hall–Kier alpha value is -3.68. The second kappa shape index (κ2) is 6.44. The number of nitrogens with one attached hydrogen (secondary N) is 1. The number of halogens is 2. The summed E-state index contributed by atoms with van der Waals surface area (Å²) in [6.07, 6.45) is 1.85. The second-order valence-corrected chi connectivity index (χ2v) is 7.10. The lowest BCUT2D eigenvalue weighted by Crippen LogP contribution is -2.56. The van der Waals surface area contributed by atoms with Crippen LogP contribution in [0.15, 0.2) is 18.3 Å². The maximum atomic E-state index is 13.5. The zero-order chi connectivity index (χ0) is 20.9. The highest BCUT2D eigenvalue weighted by atomic mass is 19.3. The summed E-state index contributed by atoms with van der Waals surface area (Å²) in [7, 11) is 1.87. The molecule has 0 aliphatic carbocycles. The van der Waals surface area contributed by atoms with Crippen LogP contribution < -0.4 is 21.7 Å². The Morgan fingerprint density at radius 1 is 1.28 bits per heavy atom. The molecule has 0 saturated carbocycles. The first-order valence-electron chi connectivity index (χ1n) is 8.87. The molecule has 0 bridgehead atoms. The van der Waals surface area contributed by atoms with Gasteiger partial charge in [0.05, 0.1) is 41.5 Å². The van der Waals surface area contributed by atoms with Crippen molar-refractivity contribution < 1.29 is 8.78 Å². The molecule has 11 heteroatoms. The van der Waals surface area contributed by atoms with Gasteiger partial charge in [0.2, 0.25) is 5.95 Å². The monoisotopic (exact) mass is 399 g/mol. The summed E-state index contributed by atoms with van der Waals surface area (Å²) < 4.78 is 28.9. The van der Waals surface area contributed by atoms with Crippen LogP contribution in [0.3, 0.4) is 0 Å². The van der Waals surface area contributed by atoms with Crippen LogP contribution in [-0.4, -0.2) is 38.5 Å². The van der Waals surface area contributed by atoms with Crippen molar-refractivity contribution in [3.63, 3.8) is 0 Å². The maximum Gasteiger partial charge on any atom is 0.282 e. The summed E-state index contributed by atoms with van der Waals surface area (Å²) in [6, 6.07) is 5.18. The van der Waals surface area contributed by atoms with Crippen molar-refractivity contribution in [3.8, 4) is 6.07 Å². The number of pyridine rings is 1. The lowest BCUT2D eigenvalue weighted by Gasteiger charge is -2.41. The van der Waals surface area contributed by atoms with E-state index in [1.165, 1.54) is 0 Å². The Bertz CT molecular complexity index is 1140. The first-order valence-corrected chi connectivity index (χ1v) is 8.87. The third kappa shape index (κ3) is 3.22. The average Bonchev–Trinajstić information content (AvgIpc) is 2.98. The topological polar surface area (TPSA) is 135 Å². The lowest BCUT2D eigenvalue weighted by molar-refractivity contribution is -0.0263. The minimum absolute atomic E-state index is 0.0382. The maximum absolute atomic E-state index is 13.5. The van der Waals surface area contributed by atoms with Crippen molar-refractivity contribution >= 4 is 34.3 Å². The number of nitrogens with zero attached hydrogens (tertiary/aromatic N) is 6. The molecule has 1 atom stereocenters. The van der Waals surface area contributed by atoms with Crippen LogP contribution in [0.4, 0.5) is 32.1 Å². The number of nitriles is 1. The molecule has 4 heterocycles. The molecule has 9 nitrogen and oxygen atoms in total. The highest BCUT2D eigenvalue weighted by molar-refractivity contribution is 5.81. The Balaban J connectivity index is 1.76. The number of hydrogen-bond acceptors (Lipinski definition) is 8. The van der Waals surface area contributed by atoms with Crippen molar-refractivity contribution in [2.75, 3.05) is 34.8 Å². The van der Waals surface area contributed by atoms with Crippen LogP contribution in [0.25, 0.3) is 11.0 Å². The lowest BCUT2D eigenvalue weighted by atomic mass is 10.1. The molecule has 5 N–H and O–H groups in total. The Kier molecular flexibility index (Phi) is 4.15. The minimum Gasteiger partial charge on any atom is -0.382 e. The van der Waals surface area contributed by atoms with E-state index in [1.54, 1.807) is 11.8 Å². The molecule has 29 heavy (non-hydrogen) atoms. The smallest absolute Gasteiger partial charge is 0.282 e. The highest BCUT2D eigenvalue weighted by Gasteiger charge is 2.45. The number of fused-ring (bicyclic) bond motifs is 1. The molecule has 0 unspecified atom stereocenters. The molecule has 1 saturated heterocycles. The number of hydrogen-bond donors (Lipinski definition) is 3. The first-order chi connectivity index (χ1) is 13.7. The molecule has 0 spiro atoms. The zero-order valence-electron chi connectivity index (χ0n) is 15.8. The quantitative estimate of drug-likeness (QED) is 0.606. The van der Waals surface area contributed by atoms with Gasteiger partial charge >= 0.3 is 0 Å². The number of anilines is 4. The van der Waals surface area contributed by atoms with Crippen molar-refractivity contribution in [1.29, 1.82) is 5.26 Å². The zero-order valence-corrected chi connectivity index (χ0v) is 15.8. The Labute approximate surface area is 165 Å². The van der Waals surface area contributed by atoms with E-state index in [0.717, 1.165) is 11.0 Å². The van der Waals surface area contributed by atoms with Gasteiger partial charge in [0.15, 0.2) is 5.82 Å². The fourth-order valence-corrected chi connectivity index (χ4v) is 3.43. The largest absolute Gasteiger partial charge is 0.382 e. The van der Waals surface area contributed by atoms with Gasteiger partial charge in [0, 0.05) is 13.2 Å². The normalized spacial score (nSPS) is 16.3. The average molecular weight is 399 g/mol. The van der Waals surface area contributed by atoms with E-state index in [1.807, 2.05) is 36.0 Å². The van der Waals surface area contributed by atoms with Crippen LogP contribution in [0, 0.1) is 11.3 Å². The number of nitrogens with two attached hydrogens (primary N) is 2. The second-order valence-electron chi connectivity index (χ2n) is 7.10. The Morgan fingerprint density at radius 2 is 2.00 bits per heavy atom. The van der Waals surface area contributed by atoms with Crippen molar-refractivity contribution in [2.45, 2.75) is 18.9 Å². The molecule has 0 radical (unpaired) electrons. The molecule has 1 fully saturated rings. The molecular formula is C18H19F2N9. The number of rotatable bonds is 4. The first kappa shape index (κ1) is 18.7. The fraction of sp³-hybridized carbons (Fsp3) is 0.333. The van der Waals surface area contributed by atoms with E-state index < -0.39 is 12.0 Å². The minimum atomic E-state index is -2.72. The highest BCUT2D eigenvalue weighted by Crippen LogP contribution is 2.38. The summed E-state index contributed by atoms with van der Waals surface area (Å²) in [5.41, 5.74) is 14.2. The molecule has 3 aromatic rings. The summed E-state index contributed by atoms with van der Waals surface area (Å²) >= 11 is 0. The van der Waals surface area contributed by atoms with Crippen molar-refractivity contribution in [2.24, 2.45) is 7.05 Å². The van der Waals surface area contributed by atoms with E-state index >= 15 is 0 Å². The fourth-order valence-electron chi connectivity index (χ4n) is 3.43. The van der Waals surface area contributed by atoms with Gasteiger partial charge in [-0.15, -0.1) is 0 Å². The van der Waals surface area contributed by atoms with Gasteiger partial charge in [-0.25, -0.2) is 13.8 Å². The summed E-state index contributed by atoms with van der Waals surface area (Å²) in [5, 5.41) is 12.4. The third-order valence-corrected chi connectivity index (χ3v) is 4.89. The van der Waals surface area contributed by atoms with Crippen molar-refractivity contribution in [1.82, 2.24) is 19.5 Å². The summed E-state index contributed by atoms with van der Waals surface area (Å²) in [4.78, 5) is 14.1. The van der Waals surface area contributed by atoms with Gasteiger partial charge in [-0.3, -0.25) is 0 Å². The van der Waals surface area contributed by atoms with E-state index in [0.29, 0.717) is 11.4 Å². The predicted octanol–water partition coefficient (Wildman–Crippen LogP) is 2.03. The Morgan fingerprint density at radius 3 is 2.66 bits per heavy atom. The SMILES string of the molecule is C[C@H](Nc1nc(N)nc(N)c1C#N)c1nc2ccn(C)c2cc1N1CC(F)(F)C1. The summed E-state index contributed by atoms with van der Waals surface area (Å²) in [6.45, 7) is 1.05. The molecule has 0 amide bonds. The van der Waals surface area contributed by atoms with Crippen LogP contribution >= 0.6 is 0 Å². The van der Waals surface area contributed by atoms with Crippen LogP contribution in [0.2, 0.25) is 0 Å². The summed E-state index contributed by atoms with van der Waals surface area (Å²) in [5.74, 6) is -2.67. The molecule has 1 aliphatic heterocycles. The van der Waals surface area contributed by atoms with Crippen LogP contribution in [0.5, 0.6) is 0 Å². The van der Waals surface area contributed by atoms with E-state index in [2.05, 4.69) is 20.3 Å². The standard InChI is InChI=1S/C18H19F2N9/c1-9(24-16-10(6-21)15(22)26-17(23)27-16)14-13(29-7-18(19,20)8-29)5-12-11(25-14)3-4-28(12)2/h3-5,9H,7-8H2,1-2H3,(H5,22,23,24,26,27)/t9-/m0/s1. The van der Waals surface area contributed by atoms with Crippen LogP contribution in [0.1, 0.15) is 24.2 Å². The number of alkyl halides is 2.